The summed E-state index contributed by atoms with van der Waals surface area (Å²) in [4.78, 5) is 6.25. The second-order valence-corrected chi connectivity index (χ2v) is 9.82. The minimum absolute atomic E-state index is 0. The van der Waals surface area contributed by atoms with Crippen LogP contribution in [0, 0.1) is 17.6 Å². The first-order chi connectivity index (χ1) is 14.4. The van der Waals surface area contributed by atoms with E-state index in [2.05, 4.69) is 20.3 Å². The number of anilines is 1. The van der Waals surface area contributed by atoms with Crippen LogP contribution in [0.5, 0.6) is 0 Å². The zero-order chi connectivity index (χ0) is 21.6. The molecule has 1 aliphatic heterocycles. The van der Waals surface area contributed by atoms with Crippen LogP contribution in [0.4, 0.5) is 14.5 Å². The van der Waals surface area contributed by atoms with Gasteiger partial charge in [0.1, 0.15) is 11.6 Å². The van der Waals surface area contributed by atoms with E-state index in [1.165, 1.54) is 18.6 Å². The average Bonchev–Trinajstić information content (AvgIpc) is 3.08. The van der Waals surface area contributed by atoms with Gasteiger partial charge in [0.25, 0.3) is 0 Å². The van der Waals surface area contributed by atoms with Gasteiger partial charge in [-0.05, 0) is 44.2 Å². The van der Waals surface area contributed by atoms with E-state index in [1.807, 2.05) is 11.8 Å². The van der Waals surface area contributed by atoms with Crippen molar-refractivity contribution in [2.24, 2.45) is 10.9 Å². The van der Waals surface area contributed by atoms with Crippen molar-refractivity contribution in [3.05, 3.63) is 29.8 Å². The third-order valence-corrected chi connectivity index (χ3v) is 6.90. The zero-order valence-corrected chi connectivity index (χ0v) is 20.9. The normalized spacial score (nSPS) is 19.6. The summed E-state index contributed by atoms with van der Waals surface area (Å²) in [6.45, 7) is 4.43. The largest absolute Gasteiger partial charge is 0.367 e. The monoisotopic (exact) mass is 571 g/mol. The van der Waals surface area contributed by atoms with E-state index in [4.69, 9.17) is 0 Å². The molecule has 2 fully saturated rings. The quantitative estimate of drug-likeness (QED) is 0.241. The van der Waals surface area contributed by atoms with Crippen LogP contribution in [0.15, 0.2) is 23.2 Å². The van der Waals surface area contributed by atoms with Gasteiger partial charge >= 0.3 is 0 Å². The maximum Gasteiger partial charge on any atom is 0.213 e. The number of guanidine groups is 1. The van der Waals surface area contributed by atoms with Crippen LogP contribution in [-0.2, 0) is 10.0 Å². The number of rotatable bonds is 9. The predicted molar refractivity (Wildman–Crippen MR) is 131 cm³/mol. The number of aliphatic imine (C=N–C) groups is 1. The molecular formula is C20H32F2IN5O2S. The third-order valence-electron chi connectivity index (χ3n) is 5.57. The summed E-state index contributed by atoms with van der Waals surface area (Å²) >= 11 is 0. The van der Waals surface area contributed by atoms with Gasteiger partial charge in [-0.3, -0.25) is 4.99 Å². The van der Waals surface area contributed by atoms with Crippen LogP contribution in [-0.4, -0.2) is 58.9 Å². The van der Waals surface area contributed by atoms with Gasteiger partial charge in [0.2, 0.25) is 10.0 Å². The van der Waals surface area contributed by atoms with Crippen LogP contribution in [0.1, 0.15) is 32.6 Å². The lowest BCUT2D eigenvalue weighted by atomic mass is 9.86. The average molecular weight is 571 g/mol. The third kappa shape index (κ3) is 8.01. The van der Waals surface area contributed by atoms with Crippen molar-refractivity contribution >= 4 is 45.6 Å². The molecule has 3 rings (SSSR count). The van der Waals surface area contributed by atoms with E-state index < -0.39 is 21.7 Å². The Morgan fingerprint density at radius 3 is 2.68 bits per heavy atom. The standard InChI is InChI=1S/C20H31F2N5O2S.HI/c1-2-23-20(24-9-11-30(28,29)25-13-15-4-3-5-15)26-17-8-10-27(14-17)19-7-6-16(21)12-18(19)22;/h6-7,12,15,17,25H,2-5,8-11,13-14H2,1H3,(H2,23,24,26);1H. The van der Waals surface area contributed by atoms with E-state index in [-0.39, 0.29) is 42.3 Å². The molecule has 0 bridgehead atoms. The van der Waals surface area contributed by atoms with Gasteiger partial charge < -0.3 is 15.5 Å². The first-order valence-corrected chi connectivity index (χ1v) is 12.2. The first-order valence-electron chi connectivity index (χ1n) is 10.6. The molecule has 1 aromatic carbocycles. The fourth-order valence-corrected chi connectivity index (χ4v) is 4.61. The highest BCUT2D eigenvalue weighted by molar-refractivity contribution is 14.0. The summed E-state index contributed by atoms with van der Waals surface area (Å²) < 4.78 is 54.1. The molecule has 1 saturated heterocycles. The lowest BCUT2D eigenvalue weighted by Crippen LogP contribution is -2.45. The summed E-state index contributed by atoms with van der Waals surface area (Å²) in [5.74, 6) is -0.218. The summed E-state index contributed by atoms with van der Waals surface area (Å²) in [6, 6.07) is 3.62. The minimum Gasteiger partial charge on any atom is -0.367 e. The van der Waals surface area contributed by atoms with E-state index in [9.17, 15) is 17.2 Å². The van der Waals surface area contributed by atoms with Gasteiger partial charge in [-0.1, -0.05) is 6.42 Å². The lowest BCUT2D eigenvalue weighted by molar-refractivity contribution is 0.316. The SMILES string of the molecule is CCNC(=NCCS(=O)(=O)NCC1CCC1)NC1CCN(c2ccc(F)cc2F)C1.I. The first kappa shape index (κ1) is 26.0. The fourth-order valence-electron chi connectivity index (χ4n) is 3.64. The Morgan fingerprint density at radius 2 is 2.03 bits per heavy atom. The molecule has 2 aliphatic rings. The Hall–Kier alpha value is -1.21. The summed E-state index contributed by atoms with van der Waals surface area (Å²) in [5.41, 5.74) is 0.381. The second-order valence-electron chi connectivity index (χ2n) is 7.90. The Balaban J connectivity index is 0.00000341. The highest BCUT2D eigenvalue weighted by Crippen LogP contribution is 2.25. The van der Waals surface area contributed by atoms with E-state index in [0.717, 1.165) is 25.3 Å². The van der Waals surface area contributed by atoms with Crippen molar-refractivity contribution in [1.29, 1.82) is 0 Å². The molecule has 0 aromatic heterocycles. The summed E-state index contributed by atoms with van der Waals surface area (Å²) in [7, 11) is -3.34. The highest BCUT2D eigenvalue weighted by Gasteiger charge is 2.25. The smallest absolute Gasteiger partial charge is 0.213 e. The highest BCUT2D eigenvalue weighted by atomic mass is 127. The van der Waals surface area contributed by atoms with Gasteiger partial charge in [-0.2, -0.15) is 0 Å². The molecule has 31 heavy (non-hydrogen) atoms. The van der Waals surface area contributed by atoms with E-state index in [1.54, 1.807) is 0 Å². The van der Waals surface area contributed by atoms with Crippen molar-refractivity contribution < 1.29 is 17.2 Å². The number of nitrogens with one attached hydrogen (secondary N) is 3. The number of hydrogen-bond acceptors (Lipinski definition) is 4. The Bertz CT molecular complexity index is 852. The number of hydrogen-bond donors (Lipinski definition) is 3. The fraction of sp³-hybridized carbons (Fsp3) is 0.650. The Labute approximate surface area is 200 Å². The van der Waals surface area contributed by atoms with Crippen molar-refractivity contribution in [2.75, 3.05) is 43.4 Å². The molecule has 1 aliphatic carbocycles. The van der Waals surface area contributed by atoms with Crippen molar-refractivity contribution in [3.63, 3.8) is 0 Å². The lowest BCUT2D eigenvalue weighted by Gasteiger charge is -2.25. The molecule has 7 nitrogen and oxygen atoms in total. The Morgan fingerprint density at radius 1 is 1.26 bits per heavy atom. The minimum atomic E-state index is -3.34. The van der Waals surface area contributed by atoms with Gasteiger partial charge in [-0.25, -0.2) is 21.9 Å². The molecule has 11 heteroatoms. The van der Waals surface area contributed by atoms with Crippen LogP contribution in [0.3, 0.4) is 0 Å². The van der Waals surface area contributed by atoms with Gasteiger partial charge in [0.15, 0.2) is 5.96 Å². The van der Waals surface area contributed by atoms with Gasteiger partial charge in [-0.15, -0.1) is 24.0 Å². The topological polar surface area (TPSA) is 85.8 Å². The van der Waals surface area contributed by atoms with Crippen molar-refractivity contribution in [2.45, 2.75) is 38.6 Å². The zero-order valence-electron chi connectivity index (χ0n) is 17.7. The van der Waals surface area contributed by atoms with E-state index >= 15 is 0 Å². The maximum absolute atomic E-state index is 14.0. The summed E-state index contributed by atoms with van der Waals surface area (Å²) in [5, 5.41) is 6.41. The number of benzene rings is 1. The number of sulfonamides is 1. The molecule has 1 heterocycles. The van der Waals surface area contributed by atoms with Crippen molar-refractivity contribution in [1.82, 2.24) is 15.4 Å². The molecule has 1 aromatic rings. The molecule has 0 spiro atoms. The van der Waals surface area contributed by atoms with E-state index in [0.29, 0.717) is 43.7 Å². The Kier molecular flexibility index (Phi) is 10.2. The summed E-state index contributed by atoms with van der Waals surface area (Å²) in [6.07, 6.45) is 4.13. The van der Waals surface area contributed by atoms with Crippen LogP contribution >= 0.6 is 24.0 Å². The van der Waals surface area contributed by atoms with Gasteiger partial charge in [0.05, 0.1) is 18.0 Å². The molecule has 0 amide bonds. The molecule has 176 valence electrons. The number of halogens is 3. The molecule has 0 radical (unpaired) electrons. The molecule has 1 unspecified atom stereocenters. The predicted octanol–water partition coefficient (Wildman–Crippen LogP) is 2.44. The van der Waals surface area contributed by atoms with Crippen LogP contribution in [0.2, 0.25) is 0 Å². The van der Waals surface area contributed by atoms with Crippen molar-refractivity contribution in [3.8, 4) is 0 Å². The maximum atomic E-state index is 14.0. The van der Waals surface area contributed by atoms with Crippen LogP contribution in [0.25, 0.3) is 0 Å². The molecular weight excluding hydrogens is 539 g/mol. The number of nitrogens with zero attached hydrogens (tertiary/aromatic N) is 2. The van der Waals surface area contributed by atoms with Gasteiger partial charge in [0, 0.05) is 38.3 Å². The molecule has 1 saturated carbocycles. The van der Waals surface area contributed by atoms with Crippen LogP contribution < -0.4 is 20.3 Å². The molecule has 1 atom stereocenters. The molecule has 3 N–H and O–H groups in total. The second kappa shape index (κ2) is 12.1.